The summed E-state index contributed by atoms with van der Waals surface area (Å²) >= 11 is 0. The zero-order valence-electron chi connectivity index (χ0n) is 13.9. The highest BCUT2D eigenvalue weighted by molar-refractivity contribution is 6.02. The molecule has 0 fully saturated rings. The molecular weight excluding hydrogens is 304 g/mol. The first-order valence-corrected chi connectivity index (χ1v) is 7.47. The molecule has 2 aromatic rings. The highest BCUT2D eigenvalue weighted by Gasteiger charge is 2.10. The Balaban J connectivity index is 1.96. The molecule has 0 aliphatic carbocycles. The third-order valence-electron chi connectivity index (χ3n) is 3.48. The van der Waals surface area contributed by atoms with E-state index in [-0.39, 0.29) is 5.91 Å². The fourth-order valence-electron chi connectivity index (χ4n) is 2.04. The summed E-state index contributed by atoms with van der Waals surface area (Å²) in [4.78, 5) is 24.8. The van der Waals surface area contributed by atoms with E-state index in [0.717, 1.165) is 5.56 Å². The SMILES string of the molecule is COC(=O)N(C)c1ccc(NC(=O)/C=C/c2ccc(C)cc2)cc1. The average molecular weight is 324 g/mol. The zero-order valence-corrected chi connectivity index (χ0v) is 13.9. The molecule has 0 aliphatic rings. The summed E-state index contributed by atoms with van der Waals surface area (Å²) < 4.78 is 4.65. The quantitative estimate of drug-likeness (QED) is 0.869. The molecule has 0 saturated carbocycles. The summed E-state index contributed by atoms with van der Waals surface area (Å²) in [5.41, 5.74) is 3.46. The number of nitrogens with one attached hydrogen (secondary N) is 1. The Kier molecular flexibility index (Phi) is 5.73. The van der Waals surface area contributed by atoms with Crippen LogP contribution in [0.15, 0.2) is 54.6 Å². The third kappa shape index (κ3) is 4.71. The van der Waals surface area contributed by atoms with E-state index in [1.165, 1.54) is 23.6 Å². The van der Waals surface area contributed by atoms with E-state index in [0.29, 0.717) is 11.4 Å². The molecule has 2 aromatic carbocycles. The Bertz CT molecular complexity index is 734. The van der Waals surface area contributed by atoms with Crippen LogP contribution < -0.4 is 10.2 Å². The van der Waals surface area contributed by atoms with Gasteiger partial charge in [0.25, 0.3) is 0 Å². The normalized spacial score (nSPS) is 10.5. The maximum absolute atomic E-state index is 11.9. The van der Waals surface area contributed by atoms with Crippen molar-refractivity contribution in [3.8, 4) is 0 Å². The summed E-state index contributed by atoms with van der Waals surface area (Å²) in [6.07, 6.45) is 2.79. The molecule has 0 atom stereocenters. The number of anilines is 2. The first kappa shape index (κ1) is 17.3. The standard InChI is InChI=1S/C19H20N2O3/c1-14-4-6-15(7-5-14)8-13-18(22)20-16-9-11-17(12-10-16)21(2)19(23)24-3/h4-13H,1-3H3,(H,20,22)/b13-8+. The number of carbonyl (C=O) groups is 2. The molecule has 0 aromatic heterocycles. The molecule has 5 nitrogen and oxygen atoms in total. The number of nitrogens with zero attached hydrogens (tertiary/aromatic N) is 1. The molecule has 124 valence electrons. The topological polar surface area (TPSA) is 58.6 Å². The van der Waals surface area contributed by atoms with Crippen LogP contribution in [0.3, 0.4) is 0 Å². The summed E-state index contributed by atoms with van der Waals surface area (Å²) in [6, 6.07) is 14.8. The molecule has 2 rings (SSSR count). The summed E-state index contributed by atoms with van der Waals surface area (Å²) in [7, 11) is 2.94. The van der Waals surface area contributed by atoms with Crippen molar-refractivity contribution in [2.75, 3.05) is 24.4 Å². The molecule has 0 spiro atoms. The molecule has 2 amide bonds. The fraction of sp³-hybridized carbons (Fsp3) is 0.158. The van der Waals surface area contributed by atoms with E-state index < -0.39 is 6.09 Å². The van der Waals surface area contributed by atoms with Crippen molar-refractivity contribution >= 4 is 29.5 Å². The van der Waals surface area contributed by atoms with Gasteiger partial charge < -0.3 is 10.1 Å². The summed E-state index contributed by atoms with van der Waals surface area (Å²) in [5.74, 6) is -0.218. The van der Waals surface area contributed by atoms with Crippen LogP contribution in [-0.4, -0.2) is 26.2 Å². The minimum Gasteiger partial charge on any atom is -0.452 e. The largest absolute Gasteiger partial charge is 0.452 e. The lowest BCUT2D eigenvalue weighted by Crippen LogP contribution is -2.25. The minimum absolute atomic E-state index is 0.218. The number of benzene rings is 2. The van der Waals surface area contributed by atoms with Gasteiger partial charge in [-0.2, -0.15) is 0 Å². The van der Waals surface area contributed by atoms with Gasteiger partial charge in [0.05, 0.1) is 7.11 Å². The Labute approximate surface area is 141 Å². The lowest BCUT2D eigenvalue weighted by atomic mass is 10.1. The van der Waals surface area contributed by atoms with Crippen molar-refractivity contribution in [3.05, 3.63) is 65.7 Å². The maximum atomic E-state index is 11.9. The van der Waals surface area contributed by atoms with Gasteiger partial charge in [0.1, 0.15) is 0 Å². The van der Waals surface area contributed by atoms with E-state index in [9.17, 15) is 9.59 Å². The van der Waals surface area contributed by atoms with Gasteiger partial charge in [-0.05, 0) is 42.8 Å². The smallest absolute Gasteiger partial charge is 0.413 e. The van der Waals surface area contributed by atoms with Crippen molar-refractivity contribution in [2.24, 2.45) is 0 Å². The molecule has 5 heteroatoms. The monoisotopic (exact) mass is 324 g/mol. The number of hydrogen-bond acceptors (Lipinski definition) is 3. The first-order chi connectivity index (χ1) is 11.5. The second kappa shape index (κ2) is 7.97. The molecule has 0 radical (unpaired) electrons. The van der Waals surface area contributed by atoms with Crippen LogP contribution in [0.5, 0.6) is 0 Å². The van der Waals surface area contributed by atoms with E-state index in [1.54, 1.807) is 37.4 Å². The molecule has 1 N–H and O–H groups in total. The number of amides is 2. The Morgan fingerprint density at radius 3 is 2.25 bits per heavy atom. The highest BCUT2D eigenvalue weighted by atomic mass is 16.5. The van der Waals surface area contributed by atoms with Crippen molar-refractivity contribution < 1.29 is 14.3 Å². The maximum Gasteiger partial charge on any atom is 0.413 e. The molecule has 0 heterocycles. The Morgan fingerprint density at radius 2 is 1.67 bits per heavy atom. The van der Waals surface area contributed by atoms with Crippen molar-refractivity contribution in [1.82, 2.24) is 0 Å². The lowest BCUT2D eigenvalue weighted by Gasteiger charge is -2.15. The molecular formula is C19H20N2O3. The van der Waals surface area contributed by atoms with Gasteiger partial charge in [-0.3, -0.25) is 9.69 Å². The predicted octanol–water partition coefficient (Wildman–Crippen LogP) is 3.85. The number of rotatable bonds is 4. The number of methoxy groups -OCH3 is 1. The second-order valence-corrected chi connectivity index (χ2v) is 5.31. The van der Waals surface area contributed by atoms with Gasteiger partial charge in [-0.15, -0.1) is 0 Å². The van der Waals surface area contributed by atoms with Gasteiger partial charge in [0, 0.05) is 24.5 Å². The number of hydrogen-bond donors (Lipinski definition) is 1. The lowest BCUT2D eigenvalue weighted by molar-refractivity contribution is -0.111. The van der Waals surface area contributed by atoms with Gasteiger partial charge in [-0.1, -0.05) is 29.8 Å². The minimum atomic E-state index is -0.451. The molecule has 0 bridgehead atoms. The molecule has 24 heavy (non-hydrogen) atoms. The van der Waals surface area contributed by atoms with Crippen LogP contribution >= 0.6 is 0 Å². The third-order valence-corrected chi connectivity index (χ3v) is 3.48. The van der Waals surface area contributed by atoms with Gasteiger partial charge in [0.2, 0.25) is 5.91 Å². The van der Waals surface area contributed by atoms with E-state index in [1.807, 2.05) is 31.2 Å². The number of ether oxygens (including phenoxy) is 1. The van der Waals surface area contributed by atoms with E-state index in [4.69, 9.17) is 0 Å². The van der Waals surface area contributed by atoms with Gasteiger partial charge in [-0.25, -0.2) is 4.79 Å². The van der Waals surface area contributed by atoms with Gasteiger partial charge >= 0.3 is 6.09 Å². The van der Waals surface area contributed by atoms with Crippen LogP contribution in [0.4, 0.5) is 16.2 Å². The molecule has 0 saturated heterocycles. The summed E-state index contributed by atoms with van der Waals surface area (Å²) in [5, 5.41) is 2.77. The first-order valence-electron chi connectivity index (χ1n) is 7.47. The molecule has 0 aliphatic heterocycles. The average Bonchev–Trinajstić information content (AvgIpc) is 2.60. The number of aryl methyl sites for hydroxylation is 1. The van der Waals surface area contributed by atoms with Crippen molar-refractivity contribution in [2.45, 2.75) is 6.92 Å². The Morgan fingerprint density at radius 1 is 1.04 bits per heavy atom. The van der Waals surface area contributed by atoms with Crippen LogP contribution in [0.2, 0.25) is 0 Å². The van der Waals surface area contributed by atoms with Gasteiger partial charge in [0.15, 0.2) is 0 Å². The molecule has 0 unspecified atom stereocenters. The van der Waals surface area contributed by atoms with Crippen LogP contribution in [-0.2, 0) is 9.53 Å². The number of carbonyl (C=O) groups excluding carboxylic acids is 2. The van der Waals surface area contributed by atoms with E-state index in [2.05, 4.69) is 10.1 Å². The van der Waals surface area contributed by atoms with Crippen LogP contribution in [0.25, 0.3) is 6.08 Å². The Hall–Kier alpha value is -3.08. The zero-order chi connectivity index (χ0) is 17.5. The highest BCUT2D eigenvalue weighted by Crippen LogP contribution is 2.17. The fourth-order valence-corrected chi connectivity index (χ4v) is 2.04. The predicted molar refractivity (Wildman–Crippen MR) is 96.1 cm³/mol. The van der Waals surface area contributed by atoms with Crippen LogP contribution in [0.1, 0.15) is 11.1 Å². The second-order valence-electron chi connectivity index (χ2n) is 5.31. The summed E-state index contributed by atoms with van der Waals surface area (Å²) in [6.45, 7) is 2.02. The van der Waals surface area contributed by atoms with Crippen LogP contribution in [0, 0.1) is 6.92 Å². The van der Waals surface area contributed by atoms with E-state index >= 15 is 0 Å². The van der Waals surface area contributed by atoms with Crippen molar-refractivity contribution in [3.63, 3.8) is 0 Å². The van der Waals surface area contributed by atoms with Crippen molar-refractivity contribution in [1.29, 1.82) is 0 Å².